The predicted octanol–water partition coefficient (Wildman–Crippen LogP) is 1.19. The number of nitrogens with zero attached hydrogens (tertiary/aromatic N) is 1. The van der Waals surface area contributed by atoms with Gasteiger partial charge in [-0.1, -0.05) is 0 Å². The van der Waals surface area contributed by atoms with Crippen molar-refractivity contribution in [1.82, 2.24) is 4.90 Å². The van der Waals surface area contributed by atoms with Crippen molar-refractivity contribution in [3.8, 4) is 0 Å². The zero-order chi connectivity index (χ0) is 10.1. The Balaban J connectivity index is 2.45. The quantitative estimate of drug-likeness (QED) is 0.576. The molecule has 0 bridgehead atoms. The Kier molecular flexibility index (Phi) is 2.59. The van der Waals surface area contributed by atoms with Crippen LogP contribution in [-0.4, -0.2) is 35.5 Å². The molecule has 1 amide bonds. The molecule has 0 saturated carbocycles. The molecule has 0 aromatic rings. The van der Waals surface area contributed by atoms with Gasteiger partial charge in [0.05, 0.1) is 6.04 Å². The SMILES string of the molecule is CC(C)(C)OC(=O)N1CC[C@H]1C=O. The van der Waals surface area contributed by atoms with E-state index in [0.29, 0.717) is 6.54 Å². The third-order valence-corrected chi connectivity index (χ3v) is 1.85. The number of carbonyl (C=O) groups excluding carboxylic acids is 2. The van der Waals surface area contributed by atoms with E-state index in [1.807, 2.05) is 0 Å². The molecule has 0 N–H and O–H groups in total. The zero-order valence-corrected chi connectivity index (χ0v) is 8.24. The van der Waals surface area contributed by atoms with Gasteiger partial charge in [-0.3, -0.25) is 4.90 Å². The van der Waals surface area contributed by atoms with E-state index in [9.17, 15) is 9.59 Å². The van der Waals surface area contributed by atoms with Crippen molar-refractivity contribution in [1.29, 1.82) is 0 Å². The molecule has 0 radical (unpaired) electrons. The third-order valence-electron chi connectivity index (χ3n) is 1.85. The van der Waals surface area contributed by atoms with Crippen molar-refractivity contribution >= 4 is 12.4 Å². The molecular weight excluding hydrogens is 170 g/mol. The predicted molar refractivity (Wildman–Crippen MR) is 47.4 cm³/mol. The van der Waals surface area contributed by atoms with E-state index < -0.39 is 11.7 Å². The number of carbonyl (C=O) groups is 2. The van der Waals surface area contributed by atoms with E-state index >= 15 is 0 Å². The van der Waals surface area contributed by atoms with Gasteiger partial charge in [0.2, 0.25) is 0 Å². The summed E-state index contributed by atoms with van der Waals surface area (Å²) in [4.78, 5) is 23.2. The van der Waals surface area contributed by atoms with E-state index in [0.717, 1.165) is 12.7 Å². The Hall–Kier alpha value is -1.06. The minimum absolute atomic E-state index is 0.269. The van der Waals surface area contributed by atoms with Crippen LogP contribution in [0, 0.1) is 0 Å². The maximum atomic E-state index is 11.4. The Labute approximate surface area is 77.8 Å². The van der Waals surface area contributed by atoms with Gasteiger partial charge in [-0.2, -0.15) is 0 Å². The number of ether oxygens (including phenoxy) is 1. The topological polar surface area (TPSA) is 46.6 Å². The maximum absolute atomic E-state index is 11.4. The van der Waals surface area contributed by atoms with Gasteiger partial charge in [-0.25, -0.2) is 4.79 Å². The summed E-state index contributed by atoms with van der Waals surface area (Å²) < 4.78 is 5.10. The van der Waals surface area contributed by atoms with Crippen molar-refractivity contribution in [3.05, 3.63) is 0 Å². The fraction of sp³-hybridized carbons (Fsp3) is 0.778. The second-order valence-corrected chi connectivity index (χ2v) is 4.17. The summed E-state index contributed by atoms with van der Waals surface area (Å²) in [5.41, 5.74) is -0.486. The van der Waals surface area contributed by atoms with Crippen molar-refractivity contribution in [2.45, 2.75) is 38.8 Å². The minimum atomic E-state index is -0.486. The second kappa shape index (κ2) is 3.36. The van der Waals surface area contributed by atoms with E-state index in [1.54, 1.807) is 20.8 Å². The summed E-state index contributed by atoms with van der Waals surface area (Å²) >= 11 is 0. The summed E-state index contributed by atoms with van der Waals surface area (Å²) in [5, 5.41) is 0. The number of aldehydes is 1. The number of hydrogen-bond acceptors (Lipinski definition) is 3. The fourth-order valence-electron chi connectivity index (χ4n) is 1.10. The van der Waals surface area contributed by atoms with Crippen LogP contribution in [0.2, 0.25) is 0 Å². The number of rotatable bonds is 1. The normalized spacial score (nSPS) is 22.1. The van der Waals surface area contributed by atoms with Crippen LogP contribution in [0.25, 0.3) is 0 Å². The molecule has 1 heterocycles. The molecule has 4 heteroatoms. The number of likely N-dealkylation sites (tertiary alicyclic amines) is 1. The van der Waals surface area contributed by atoms with Gasteiger partial charge >= 0.3 is 6.09 Å². The largest absolute Gasteiger partial charge is 0.444 e. The molecule has 0 spiro atoms. The van der Waals surface area contributed by atoms with Gasteiger partial charge in [0.25, 0.3) is 0 Å². The van der Waals surface area contributed by atoms with E-state index in [2.05, 4.69) is 0 Å². The smallest absolute Gasteiger partial charge is 0.410 e. The van der Waals surface area contributed by atoms with Gasteiger partial charge in [-0.15, -0.1) is 0 Å². The van der Waals surface area contributed by atoms with Crippen molar-refractivity contribution < 1.29 is 14.3 Å². The molecule has 0 unspecified atom stereocenters. The van der Waals surface area contributed by atoms with Gasteiger partial charge in [-0.05, 0) is 27.2 Å². The van der Waals surface area contributed by atoms with Gasteiger partial charge in [0.15, 0.2) is 0 Å². The van der Waals surface area contributed by atoms with Crippen LogP contribution in [-0.2, 0) is 9.53 Å². The van der Waals surface area contributed by atoms with Crippen LogP contribution < -0.4 is 0 Å². The first-order chi connectivity index (χ1) is 5.94. The zero-order valence-electron chi connectivity index (χ0n) is 8.24. The highest BCUT2D eigenvalue weighted by atomic mass is 16.6. The summed E-state index contributed by atoms with van der Waals surface area (Å²) in [6.07, 6.45) is 1.15. The molecular formula is C9H15NO3. The Morgan fingerprint density at radius 1 is 1.54 bits per heavy atom. The number of hydrogen-bond donors (Lipinski definition) is 0. The monoisotopic (exact) mass is 185 g/mol. The van der Waals surface area contributed by atoms with Crippen molar-refractivity contribution in [2.24, 2.45) is 0 Å². The molecule has 0 aromatic carbocycles. The van der Waals surface area contributed by atoms with Crippen LogP contribution in [0.15, 0.2) is 0 Å². The highest BCUT2D eigenvalue weighted by Gasteiger charge is 2.34. The molecule has 1 aliphatic rings. The second-order valence-electron chi connectivity index (χ2n) is 4.17. The Bertz CT molecular complexity index is 219. The van der Waals surface area contributed by atoms with Crippen LogP contribution in [0.1, 0.15) is 27.2 Å². The first kappa shape index (κ1) is 10.0. The van der Waals surface area contributed by atoms with Crippen molar-refractivity contribution in [3.63, 3.8) is 0 Å². The summed E-state index contributed by atoms with van der Waals surface area (Å²) in [6.45, 7) is 6.04. The Morgan fingerprint density at radius 3 is 2.46 bits per heavy atom. The molecule has 4 nitrogen and oxygen atoms in total. The molecule has 74 valence electrons. The van der Waals surface area contributed by atoms with Gasteiger partial charge < -0.3 is 9.53 Å². The summed E-state index contributed by atoms with van der Waals surface area (Å²) in [6, 6.07) is -0.269. The average Bonchev–Trinajstić information content (AvgIpc) is 1.80. The third kappa shape index (κ3) is 2.44. The standard InChI is InChI=1S/C9H15NO3/c1-9(2,3)13-8(12)10-5-4-7(10)6-11/h6-7H,4-5H2,1-3H3/t7-/m0/s1. The molecule has 1 atom stereocenters. The van der Waals surface area contributed by atoms with Gasteiger partial charge in [0, 0.05) is 6.54 Å². The lowest BCUT2D eigenvalue weighted by molar-refractivity contribution is -0.116. The molecule has 0 aromatic heterocycles. The fourth-order valence-corrected chi connectivity index (χ4v) is 1.10. The molecule has 1 saturated heterocycles. The number of amides is 1. The van der Waals surface area contributed by atoms with E-state index in [4.69, 9.17) is 4.74 Å². The van der Waals surface area contributed by atoms with Crippen LogP contribution in [0.4, 0.5) is 4.79 Å². The highest BCUT2D eigenvalue weighted by molar-refractivity contribution is 5.75. The molecule has 1 fully saturated rings. The van der Waals surface area contributed by atoms with Crippen LogP contribution >= 0.6 is 0 Å². The van der Waals surface area contributed by atoms with Gasteiger partial charge in [0.1, 0.15) is 11.9 Å². The molecule has 13 heavy (non-hydrogen) atoms. The molecule has 1 aliphatic heterocycles. The Morgan fingerprint density at radius 2 is 2.15 bits per heavy atom. The minimum Gasteiger partial charge on any atom is -0.444 e. The summed E-state index contributed by atoms with van der Waals surface area (Å²) in [5.74, 6) is 0. The van der Waals surface area contributed by atoms with Crippen LogP contribution in [0.5, 0.6) is 0 Å². The molecule has 1 rings (SSSR count). The lowest BCUT2D eigenvalue weighted by Gasteiger charge is -2.38. The summed E-state index contributed by atoms with van der Waals surface area (Å²) in [7, 11) is 0. The van der Waals surface area contributed by atoms with E-state index in [-0.39, 0.29) is 6.04 Å². The highest BCUT2D eigenvalue weighted by Crippen LogP contribution is 2.19. The average molecular weight is 185 g/mol. The van der Waals surface area contributed by atoms with Crippen LogP contribution in [0.3, 0.4) is 0 Å². The lowest BCUT2D eigenvalue weighted by atomic mass is 10.1. The van der Waals surface area contributed by atoms with E-state index in [1.165, 1.54) is 4.90 Å². The lowest BCUT2D eigenvalue weighted by Crippen LogP contribution is -2.53. The first-order valence-corrected chi connectivity index (χ1v) is 4.39. The molecule has 0 aliphatic carbocycles. The first-order valence-electron chi connectivity index (χ1n) is 4.39. The van der Waals surface area contributed by atoms with Crippen molar-refractivity contribution in [2.75, 3.05) is 6.54 Å². The maximum Gasteiger partial charge on any atom is 0.410 e.